The van der Waals surface area contributed by atoms with Crippen LogP contribution in [0, 0.1) is 0 Å². The molecule has 2 aromatic rings. The van der Waals surface area contributed by atoms with Crippen molar-refractivity contribution >= 4 is 8.53 Å². The lowest BCUT2D eigenvalue weighted by Gasteiger charge is -2.29. The van der Waals surface area contributed by atoms with Crippen molar-refractivity contribution in [1.82, 2.24) is 14.2 Å². The number of ether oxygens (including phenoxy) is 2. The number of nitrogens with zero attached hydrogens (tertiary/aromatic N) is 2. The zero-order valence-electron chi connectivity index (χ0n) is 19.0. The molecule has 1 unspecified atom stereocenters. The molecule has 3 aliphatic rings. The number of aromatic amines is 1. The molecule has 0 bridgehead atoms. The lowest BCUT2D eigenvalue weighted by atomic mass is 9.87. The number of benzene rings is 1. The highest BCUT2D eigenvalue weighted by molar-refractivity contribution is 7.45. The lowest BCUT2D eigenvalue weighted by molar-refractivity contribution is -0.0539. The third-order valence-corrected chi connectivity index (χ3v) is 8.84. The van der Waals surface area contributed by atoms with E-state index in [0.717, 1.165) is 24.9 Å². The van der Waals surface area contributed by atoms with Gasteiger partial charge in [-0.2, -0.15) is 0 Å². The minimum atomic E-state index is -1.35. The van der Waals surface area contributed by atoms with Crippen LogP contribution in [0.25, 0.3) is 0 Å². The molecule has 0 aliphatic carbocycles. The Kier molecular flexibility index (Phi) is 6.29. The van der Waals surface area contributed by atoms with E-state index >= 15 is 0 Å². The second-order valence-electron chi connectivity index (χ2n) is 8.88. The van der Waals surface area contributed by atoms with Crippen LogP contribution in [0.1, 0.15) is 44.9 Å². The van der Waals surface area contributed by atoms with E-state index < -0.39 is 43.8 Å². The van der Waals surface area contributed by atoms with Crippen LogP contribution in [0.4, 0.5) is 0 Å². The molecule has 178 valence electrons. The van der Waals surface area contributed by atoms with E-state index in [-0.39, 0.29) is 12.1 Å². The second kappa shape index (κ2) is 9.06. The molecule has 4 heterocycles. The summed E-state index contributed by atoms with van der Waals surface area (Å²) in [6, 6.07) is 11.9. The van der Waals surface area contributed by atoms with E-state index in [1.54, 1.807) is 7.11 Å². The van der Waals surface area contributed by atoms with Gasteiger partial charge in [0, 0.05) is 25.9 Å². The molecule has 1 aromatic carbocycles. The Balaban J connectivity index is 1.43. The van der Waals surface area contributed by atoms with Gasteiger partial charge in [0.15, 0.2) is 6.23 Å². The average molecular weight is 475 g/mol. The summed E-state index contributed by atoms with van der Waals surface area (Å²) >= 11 is 0. The molecule has 3 fully saturated rings. The van der Waals surface area contributed by atoms with E-state index in [2.05, 4.69) is 28.7 Å². The monoisotopic (exact) mass is 475 g/mol. The highest BCUT2D eigenvalue weighted by atomic mass is 31.2. The molecular formula is C23H30N3O6P. The Labute approximate surface area is 193 Å². The Bertz CT molecular complexity index is 1090. The minimum absolute atomic E-state index is 0.243. The van der Waals surface area contributed by atoms with Gasteiger partial charge in [0.05, 0.1) is 12.1 Å². The average Bonchev–Trinajstić information content (AvgIpc) is 3.50. The predicted molar refractivity (Wildman–Crippen MR) is 123 cm³/mol. The molecule has 0 amide bonds. The fourth-order valence-corrected chi connectivity index (χ4v) is 7.40. The Morgan fingerprint density at radius 3 is 2.70 bits per heavy atom. The molecule has 9 nitrogen and oxygen atoms in total. The van der Waals surface area contributed by atoms with Gasteiger partial charge in [-0.15, -0.1) is 0 Å². The fourth-order valence-electron chi connectivity index (χ4n) is 5.25. The van der Waals surface area contributed by atoms with Gasteiger partial charge in [-0.3, -0.25) is 14.3 Å². The maximum Gasteiger partial charge on any atom is 0.330 e. The van der Waals surface area contributed by atoms with Crippen LogP contribution in [-0.2, 0) is 24.1 Å². The first kappa shape index (κ1) is 22.9. The molecule has 10 heteroatoms. The van der Waals surface area contributed by atoms with Gasteiger partial charge in [-0.05, 0) is 31.7 Å². The molecule has 0 radical (unpaired) electrons. The summed E-state index contributed by atoms with van der Waals surface area (Å²) in [6.45, 7) is 5.08. The highest BCUT2D eigenvalue weighted by Crippen LogP contribution is 2.64. The summed E-state index contributed by atoms with van der Waals surface area (Å²) in [5, 5.41) is 0. The second-order valence-corrected chi connectivity index (χ2v) is 10.3. The Morgan fingerprint density at radius 2 is 2.00 bits per heavy atom. The number of hydrogen-bond acceptors (Lipinski definition) is 7. The first-order valence-electron chi connectivity index (χ1n) is 11.4. The number of methoxy groups -OCH3 is 1. The normalized spacial score (nSPS) is 36.3. The standard InChI is InChI=1S/C23H30N3O6P/c1-4-16-19(20(29-3)21(30-16)25-14-12-18(27)24-22(25)28)31-33-26-13-8-11-17(26)23(2,32-33)15-9-6-5-7-10-15/h5-7,9-10,12,14,16-17,19-21H,4,8,11,13H2,1-3H3,(H,24,27,28)/t16-,17-,19+,20?,21-,23+,33-/m1/s1. The summed E-state index contributed by atoms with van der Waals surface area (Å²) in [5.74, 6) is 0. The number of H-pyrrole nitrogens is 1. The van der Waals surface area contributed by atoms with Crippen LogP contribution >= 0.6 is 8.53 Å². The van der Waals surface area contributed by atoms with Gasteiger partial charge in [-0.25, -0.2) is 9.46 Å². The van der Waals surface area contributed by atoms with Crippen LogP contribution in [0.2, 0.25) is 0 Å². The summed E-state index contributed by atoms with van der Waals surface area (Å²) in [6.07, 6.45) is 2.32. The maximum absolute atomic E-state index is 12.4. The lowest BCUT2D eigenvalue weighted by Crippen LogP contribution is -2.39. The number of rotatable bonds is 6. The largest absolute Gasteiger partial charge is 0.374 e. The summed E-state index contributed by atoms with van der Waals surface area (Å²) in [5.41, 5.74) is -0.302. The number of hydrogen-bond donors (Lipinski definition) is 1. The first-order valence-corrected chi connectivity index (χ1v) is 12.6. The quantitative estimate of drug-likeness (QED) is 0.642. The molecule has 3 aliphatic heterocycles. The molecule has 33 heavy (non-hydrogen) atoms. The van der Waals surface area contributed by atoms with E-state index in [9.17, 15) is 9.59 Å². The number of nitrogens with one attached hydrogen (secondary N) is 1. The third-order valence-electron chi connectivity index (χ3n) is 6.98. The van der Waals surface area contributed by atoms with E-state index in [4.69, 9.17) is 18.5 Å². The van der Waals surface area contributed by atoms with Gasteiger partial charge in [0.2, 0.25) is 0 Å². The van der Waals surface area contributed by atoms with Crippen LogP contribution < -0.4 is 11.2 Å². The van der Waals surface area contributed by atoms with E-state index in [1.807, 2.05) is 25.1 Å². The minimum Gasteiger partial charge on any atom is -0.374 e. The maximum atomic E-state index is 12.4. The van der Waals surface area contributed by atoms with Crippen molar-refractivity contribution in [3.8, 4) is 0 Å². The predicted octanol–water partition coefficient (Wildman–Crippen LogP) is 2.88. The summed E-state index contributed by atoms with van der Waals surface area (Å²) in [7, 11) is 0.240. The van der Waals surface area contributed by atoms with Crippen molar-refractivity contribution in [3.05, 3.63) is 69.0 Å². The molecule has 1 aromatic heterocycles. The van der Waals surface area contributed by atoms with Crippen molar-refractivity contribution in [1.29, 1.82) is 0 Å². The SMILES string of the molecule is CC[C@H]1O[C@@H](n2ccc(=O)[nH]c2=O)C(OC)[C@H]1O[P@]1O[C@@](C)(c2ccccc2)[C@H]2CCCN21. The van der Waals surface area contributed by atoms with Crippen molar-refractivity contribution in [2.24, 2.45) is 0 Å². The number of aromatic nitrogens is 2. The van der Waals surface area contributed by atoms with E-state index in [0.29, 0.717) is 6.42 Å². The van der Waals surface area contributed by atoms with Gasteiger partial charge in [-0.1, -0.05) is 37.3 Å². The zero-order chi connectivity index (χ0) is 23.2. The van der Waals surface area contributed by atoms with E-state index in [1.165, 1.54) is 16.8 Å². The van der Waals surface area contributed by atoms with Crippen molar-refractivity contribution in [2.75, 3.05) is 13.7 Å². The summed E-state index contributed by atoms with van der Waals surface area (Å²) < 4.78 is 29.1. The van der Waals surface area contributed by atoms with Crippen LogP contribution in [0.3, 0.4) is 0 Å². The molecule has 7 atom stereocenters. The first-order chi connectivity index (χ1) is 16.0. The topological polar surface area (TPSA) is 95.0 Å². The fraction of sp³-hybridized carbons (Fsp3) is 0.565. The van der Waals surface area contributed by atoms with Crippen LogP contribution in [0.15, 0.2) is 52.2 Å². The zero-order valence-corrected chi connectivity index (χ0v) is 19.9. The Morgan fingerprint density at radius 1 is 1.21 bits per heavy atom. The number of fused-ring (bicyclic) bond motifs is 1. The van der Waals surface area contributed by atoms with Gasteiger partial charge in [0.1, 0.15) is 17.8 Å². The van der Waals surface area contributed by atoms with Crippen molar-refractivity contribution in [2.45, 2.75) is 69.3 Å². The smallest absolute Gasteiger partial charge is 0.330 e. The molecule has 5 rings (SSSR count). The third kappa shape index (κ3) is 3.91. The Hall–Kier alpha value is -1.87. The molecule has 0 saturated carbocycles. The molecule has 0 spiro atoms. The van der Waals surface area contributed by atoms with Crippen molar-refractivity contribution in [3.63, 3.8) is 0 Å². The molecule has 1 N–H and O–H groups in total. The van der Waals surface area contributed by atoms with Gasteiger partial charge in [0.25, 0.3) is 14.1 Å². The molecular weight excluding hydrogens is 445 g/mol. The molecule has 3 saturated heterocycles. The highest BCUT2D eigenvalue weighted by Gasteiger charge is 2.57. The van der Waals surface area contributed by atoms with Crippen LogP contribution in [0.5, 0.6) is 0 Å². The summed E-state index contributed by atoms with van der Waals surface area (Å²) in [4.78, 5) is 26.2. The van der Waals surface area contributed by atoms with Gasteiger partial charge >= 0.3 is 5.69 Å². The van der Waals surface area contributed by atoms with Crippen molar-refractivity contribution < 1.29 is 18.5 Å². The van der Waals surface area contributed by atoms with Gasteiger partial charge < -0.3 is 18.5 Å². The van der Waals surface area contributed by atoms with Crippen LogP contribution in [-0.4, -0.2) is 52.2 Å².